The predicted octanol–water partition coefficient (Wildman–Crippen LogP) is 4.66. The van der Waals surface area contributed by atoms with Crippen molar-refractivity contribution < 1.29 is 13.2 Å². The smallest absolute Gasteiger partial charge is 0.261 e. The van der Waals surface area contributed by atoms with Gasteiger partial charge in [-0.05, 0) is 68.3 Å². The topological polar surface area (TPSA) is 75.3 Å². The summed E-state index contributed by atoms with van der Waals surface area (Å²) >= 11 is 0. The van der Waals surface area contributed by atoms with Gasteiger partial charge in [0.1, 0.15) is 0 Å². The molecule has 6 heteroatoms. The molecular formula is C22H22N2O3S. The molecule has 3 aromatic carbocycles. The van der Waals surface area contributed by atoms with E-state index in [-0.39, 0.29) is 10.8 Å². The third kappa shape index (κ3) is 4.40. The first-order valence-electron chi connectivity index (χ1n) is 8.83. The first-order valence-corrected chi connectivity index (χ1v) is 10.3. The van der Waals surface area contributed by atoms with Crippen LogP contribution in [0.1, 0.15) is 27.0 Å². The quantitative estimate of drug-likeness (QED) is 0.661. The van der Waals surface area contributed by atoms with Gasteiger partial charge in [0.2, 0.25) is 0 Å². The van der Waals surface area contributed by atoms with Crippen LogP contribution < -0.4 is 10.0 Å². The van der Waals surface area contributed by atoms with Crippen molar-refractivity contribution in [3.8, 4) is 0 Å². The highest BCUT2D eigenvalue weighted by Gasteiger charge is 2.15. The average Bonchev–Trinajstić information content (AvgIpc) is 2.65. The Morgan fingerprint density at radius 2 is 1.54 bits per heavy atom. The molecule has 0 aliphatic heterocycles. The molecule has 28 heavy (non-hydrogen) atoms. The van der Waals surface area contributed by atoms with Crippen LogP contribution in [0, 0.1) is 20.8 Å². The summed E-state index contributed by atoms with van der Waals surface area (Å²) < 4.78 is 27.6. The van der Waals surface area contributed by atoms with Crippen LogP contribution in [0.4, 0.5) is 11.4 Å². The van der Waals surface area contributed by atoms with Crippen LogP contribution in [0.5, 0.6) is 0 Å². The Bertz CT molecular complexity index is 1120. The predicted molar refractivity (Wildman–Crippen MR) is 112 cm³/mol. The highest BCUT2D eigenvalue weighted by Crippen LogP contribution is 2.21. The molecule has 0 spiro atoms. The average molecular weight is 394 g/mol. The number of carbonyl (C=O) groups is 1. The van der Waals surface area contributed by atoms with Crippen LogP contribution in [-0.4, -0.2) is 14.3 Å². The van der Waals surface area contributed by atoms with Crippen molar-refractivity contribution in [3.05, 3.63) is 89.0 Å². The zero-order valence-electron chi connectivity index (χ0n) is 16.0. The lowest BCUT2D eigenvalue weighted by molar-refractivity contribution is 0.102. The van der Waals surface area contributed by atoms with Crippen LogP contribution in [0.3, 0.4) is 0 Å². The lowest BCUT2D eigenvalue weighted by Gasteiger charge is -2.12. The van der Waals surface area contributed by atoms with Crippen LogP contribution >= 0.6 is 0 Å². The van der Waals surface area contributed by atoms with Gasteiger partial charge in [0.05, 0.1) is 4.90 Å². The summed E-state index contributed by atoms with van der Waals surface area (Å²) in [6.07, 6.45) is 0. The van der Waals surface area contributed by atoms with Gasteiger partial charge in [0.25, 0.3) is 15.9 Å². The van der Waals surface area contributed by atoms with Crippen molar-refractivity contribution in [1.29, 1.82) is 0 Å². The van der Waals surface area contributed by atoms with Gasteiger partial charge in [0.15, 0.2) is 0 Å². The molecule has 0 bridgehead atoms. The third-order valence-corrected chi connectivity index (χ3v) is 5.96. The molecule has 0 saturated carbocycles. The van der Waals surface area contributed by atoms with E-state index in [1.54, 1.807) is 42.5 Å². The first-order chi connectivity index (χ1) is 13.3. The Morgan fingerprint density at radius 1 is 0.857 bits per heavy atom. The monoisotopic (exact) mass is 394 g/mol. The van der Waals surface area contributed by atoms with E-state index in [4.69, 9.17) is 0 Å². The van der Waals surface area contributed by atoms with E-state index in [9.17, 15) is 13.2 Å². The lowest BCUT2D eigenvalue weighted by Crippen LogP contribution is -2.15. The summed E-state index contributed by atoms with van der Waals surface area (Å²) in [5, 5.41) is 2.88. The molecule has 1 amide bonds. The summed E-state index contributed by atoms with van der Waals surface area (Å²) in [7, 11) is -3.73. The molecule has 144 valence electrons. The van der Waals surface area contributed by atoms with E-state index in [1.807, 2.05) is 39.0 Å². The van der Waals surface area contributed by atoms with Crippen molar-refractivity contribution in [2.45, 2.75) is 25.7 Å². The molecular weight excluding hydrogens is 372 g/mol. The molecule has 0 aliphatic carbocycles. The van der Waals surface area contributed by atoms with E-state index in [1.165, 1.54) is 6.07 Å². The lowest BCUT2D eigenvalue weighted by atomic mass is 10.1. The summed E-state index contributed by atoms with van der Waals surface area (Å²) in [6.45, 7) is 5.81. The van der Waals surface area contributed by atoms with Crippen LogP contribution in [0.15, 0.2) is 71.6 Å². The summed E-state index contributed by atoms with van der Waals surface area (Å²) in [5.41, 5.74) is 4.48. The fraction of sp³-hybridized carbons (Fsp3) is 0.136. The van der Waals surface area contributed by atoms with Crippen molar-refractivity contribution in [1.82, 2.24) is 0 Å². The molecule has 5 nitrogen and oxygen atoms in total. The first kappa shape index (κ1) is 19.6. The standard InChI is InChI=1S/C22H22N2O3S/c1-15-10-12-20(13-11-15)28(26,27)24-19-8-5-7-18(14-19)22(25)23-21-9-4-6-16(2)17(21)3/h4-14,24H,1-3H3,(H,23,25). The molecule has 0 radical (unpaired) electrons. The number of hydrogen-bond donors (Lipinski definition) is 2. The SMILES string of the molecule is Cc1ccc(S(=O)(=O)Nc2cccc(C(=O)Nc3cccc(C)c3C)c2)cc1. The Morgan fingerprint density at radius 3 is 2.25 bits per heavy atom. The normalized spacial score (nSPS) is 11.1. The molecule has 3 aromatic rings. The van der Waals surface area contributed by atoms with Crippen LogP contribution in [0.2, 0.25) is 0 Å². The van der Waals surface area contributed by atoms with E-state index < -0.39 is 10.0 Å². The minimum Gasteiger partial charge on any atom is -0.322 e. The third-order valence-electron chi connectivity index (χ3n) is 4.56. The Balaban J connectivity index is 1.81. The summed E-state index contributed by atoms with van der Waals surface area (Å²) in [4.78, 5) is 12.8. The molecule has 2 N–H and O–H groups in total. The molecule has 0 unspecified atom stereocenters. The van der Waals surface area contributed by atoms with E-state index in [0.29, 0.717) is 11.3 Å². The molecule has 0 atom stereocenters. The molecule has 0 heterocycles. The number of aryl methyl sites for hydroxylation is 2. The van der Waals surface area contributed by atoms with Crippen molar-refractivity contribution in [2.75, 3.05) is 10.0 Å². The number of benzene rings is 3. The minimum atomic E-state index is -3.73. The number of carbonyl (C=O) groups excluding carboxylic acids is 1. The number of sulfonamides is 1. The van der Waals surface area contributed by atoms with E-state index in [2.05, 4.69) is 10.0 Å². The zero-order chi connectivity index (χ0) is 20.3. The minimum absolute atomic E-state index is 0.170. The zero-order valence-corrected chi connectivity index (χ0v) is 16.8. The van der Waals surface area contributed by atoms with E-state index in [0.717, 1.165) is 22.4 Å². The second-order valence-electron chi connectivity index (χ2n) is 6.70. The van der Waals surface area contributed by atoms with Gasteiger partial charge in [-0.1, -0.05) is 35.9 Å². The Hall–Kier alpha value is -3.12. The van der Waals surface area contributed by atoms with Gasteiger partial charge in [-0.3, -0.25) is 9.52 Å². The van der Waals surface area contributed by atoms with Gasteiger partial charge in [-0.2, -0.15) is 0 Å². The number of anilines is 2. The van der Waals surface area contributed by atoms with Crippen molar-refractivity contribution in [2.24, 2.45) is 0 Å². The second kappa shape index (κ2) is 7.86. The number of amides is 1. The maximum absolute atomic E-state index is 12.6. The van der Waals surface area contributed by atoms with Crippen LogP contribution in [0.25, 0.3) is 0 Å². The maximum atomic E-state index is 12.6. The molecule has 0 fully saturated rings. The number of nitrogens with one attached hydrogen (secondary N) is 2. The Labute approximate surface area is 165 Å². The van der Waals surface area contributed by atoms with Gasteiger partial charge < -0.3 is 5.32 Å². The number of rotatable bonds is 5. The van der Waals surface area contributed by atoms with Crippen molar-refractivity contribution in [3.63, 3.8) is 0 Å². The molecule has 0 aliphatic rings. The van der Waals surface area contributed by atoms with Gasteiger partial charge in [-0.25, -0.2) is 8.42 Å². The second-order valence-corrected chi connectivity index (χ2v) is 8.38. The van der Waals surface area contributed by atoms with Crippen LogP contribution in [-0.2, 0) is 10.0 Å². The fourth-order valence-corrected chi connectivity index (χ4v) is 3.79. The van der Waals surface area contributed by atoms with E-state index >= 15 is 0 Å². The van der Waals surface area contributed by atoms with Gasteiger partial charge >= 0.3 is 0 Å². The highest BCUT2D eigenvalue weighted by atomic mass is 32.2. The summed E-state index contributed by atoms with van der Waals surface area (Å²) in [6, 6.07) is 18.7. The largest absolute Gasteiger partial charge is 0.322 e. The Kier molecular flexibility index (Phi) is 5.51. The van der Waals surface area contributed by atoms with Gasteiger partial charge in [-0.15, -0.1) is 0 Å². The molecule has 0 aromatic heterocycles. The fourth-order valence-electron chi connectivity index (χ4n) is 2.74. The summed E-state index contributed by atoms with van der Waals surface area (Å²) in [5.74, 6) is -0.301. The van der Waals surface area contributed by atoms with Gasteiger partial charge in [0, 0.05) is 16.9 Å². The molecule has 3 rings (SSSR count). The molecule has 0 saturated heterocycles. The highest BCUT2D eigenvalue weighted by molar-refractivity contribution is 7.92. The number of hydrogen-bond acceptors (Lipinski definition) is 3. The van der Waals surface area contributed by atoms with Crippen molar-refractivity contribution >= 4 is 27.3 Å². The maximum Gasteiger partial charge on any atom is 0.261 e.